The van der Waals surface area contributed by atoms with Crippen molar-refractivity contribution in [1.29, 1.82) is 0 Å². The third kappa shape index (κ3) is 4.85. The Morgan fingerprint density at radius 1 is 1.20 bits per heavy atom. The minimum absolute atomic E-state index is 0.181. The smallest absolute Gasteiger partial charge is 0.326 e. The van der Waals surface area contributed by atoms with Crippen LogP contribution in [-0.4, -0.2) is 23.1 Å². The zero-order valence-corrected chi connectivity index (χ0v) is 13.3. The summed E-state index contributed by atoms with van der Waals surface area (Å²) in [6, 6.07) is 5.98. The van der Waals surface area contributed by atoms with Gasteiger partial charge in [-0.1, -0.05) is 41.9 Å². The van der Waals surface area contributed by atoms with E-state index in [1.54, 1.807) is 13.8 Å². The normalized spacial score (nSPS) is 13.7. The summed E-state index contributed by atoms with van der Waals surface area (Å²) in [5.74, 6) is -1.22. The van der Waals surface area contributed by atoms with Gasteiger partial charge in [0.2, 0.25) is 0 Å². The van der Waals surface area contributed by atoms with Gasteiger partial charge in [-0.2, -0.15) is 0 Å². The fourth-order valence-electron chi connectivity index (χ4n) is 1.75. The highest BCUT2D eigenvalue weighted by Gasteiger charge is 2.23. The number of carboxylic acid groups (broad SMARTS) is 1. The second-order valence-electron chi connectivity index (χ2n) is 4.95. The lowest BCUT2D eigenvalue weighted by molar-refractivity contribution is -0.140. The van der Waals surface area contributed by atoms with Crippen LogP contribution in [-0.2, 0) is 4.79 Å². The molecule has 0 radical (unpaired) electrons. The van der Waals surface area contributed by atoms with Gasteiger partial charge in [-0.3, -0.25) is 0 Å². The van der Waals surface area contributed by atoms with E-state index in [0.29, 0.717) is 0 Å². The van der Waals surface area contributed by atoms with Crippen LogP contribution in [0, 0.1) is 5.92 Å². The quantitative estimate of drug-likeness (QED) is 0.769. The SMILES string of the molecule is CC(NC(=O)N[C@H](C(=O)O)C(C)C)c1cccc(Br)c1. The molecule has 0 aromatic heterocycles. The lowest BCUT2D eigenvalue weighted by atomic mass is 10.1. The van der Waals surface area contributed by atoms with Gasteiger partial charge in [-0.15, -0.1) is 0 Å². The Morgan fingerprint density at radius 3 is 2.35 bits per heavy atom. The molecule has 0 aliphatic carbocycles. The molecule has 6 heteroatoms. The summed E-state index contributed by atoms with van der Waals surface area (Å²) >= 11 is 3.37. The Balaban J connectivity index is 2.64. The van der Waals surface area contributed by atoms with Gasteiger partial charge < -0.3 is 15.7 Å². The fraction of sp³-hybridized carbons (Fsp3) is 0.429. The summed E-state index contributed by atoms with van der Waals surface area (Å²) in [6.07, 6.45) is 0. The van der Waals surface area contributed by atoms with Gasteiger partial charge in [0, 0.05) is 4.47 Å². The van der Waals surface area contributed by atoms with Crippen molar-refractivity contribution in [1.82, 2.24) is 10.6 Å². The highest BCUT2D eigenvalue weighted by molar-refractivity contribution is 9.10. The van der Waals surface area contributed by atoms with Crippen LogP contribution in [0.15, 0.2) is 28.7 Å². The predicted octanol–water partition coefficient (Wildman–Crippen LogP) is 2.92. The van der Waals surface area contributed by atoms with Crippen LogP contribution in [0.5, 0.6) is 0 Å². The van der Waals surface area contributed by atoms with Gasteiger partial charge in [0.15, 0.2) is 0 Å². The minimum atomic E-state index is -1.04. The van der Waals surface area contributed by atoms with Crippen molar-refractivity contribution in [2.24, 2.45) is 5.92 Å². The van der Waals surface area contributed by atoms with E-state index in [-0.39, 0.29) is 12.0 Å². The molecule has 0 bridgehead atoms. The number of halogens is 1. The molecular formula is C14H19BrN2O3. The first kappa shape index (κ1) is 16.5. The number of carbonyl (C=O) groups is 2. The molecule has 0 fully saturated rings. The number of carboxylic acids is 1. The van der Waals surface area contributed by atoms with Crippen LogP contribution < -0.4 is 10.6 Å². The molecule has 0 saturated carbocycles. The van der Waals surface area contributed by atoms with Crippen molar-refractivity contribution in [3.05, 3.63) is 34.3 Å². The summed E-state index contributed by atoms with van der Waals surface area (Å²) in [4.78, 5) is 22.9. The molecule has 3 N–H and O–H groups in total. The molecule has 1 aromatic rings. The molecule has 2 amide bonds. The first-order chi connectivity index (χ1) is 9.31. The molecule has 5 nitrogen and oxygen atoms in total. The van der Waals surface area contributed by atoms with Crippen molar-refractivity contribution in [3.63, 3.8) is 0 Å². The number of amides is 2. The number of aliphatic carboxylic acids is 1. The number of benzene rings is 1. The minimum Gasteiger partial charge on any atom is -0.480 e. The molecule has 20 heavy (non-hydrogen) atoms. The van der Waals surface area contributed by atoms with E-state index in [0.717, 1.165) is 10.0 Å². The van der Waals surface area contributed by atoms with E-state index < -0.39 is 18.0 Å². The van der Waals surface area contributed by atoms with E-state index >= 15 is 0 Å². The van der Waals surface area contributed by atoms with E-state index in [9.17, 15) is 9.59 Å². The van der Waals surface area contributed by atoms with Gasteiger partial charge >= 0.3 is 12.0 Å². The topological polar surface area (TPSA) is 78.4 Å². The molecule has 0 aliphatic heterocycles. The Bertz CT molecular complexity index is 491. The van der Waals surface area contributed by atoms with Crippen LogP contribution in [0.1, 0.15) is 32.4 Å². The monoisotopic (exact) mass is 342 g/mol. The van der Waals surface area contributed by atoms with Crippen molar-refractivity contribution in [2.75, 3.05) is 0 Å². The highest BCUT2D eigenvalue weighted by Crippen LogP contribution is 2.17. The standard InChI is InChI=1S/C14H19BrN2O3/c1-8(2)12(13(18)19)17-14(20)16-9(3)10-5-4-6-11(15)7-10/h4-9,12H,1-3H3,(H,18,19)(H2,16,17,20)/t9?,12-/m0/s1. The lowest BCUT2D eigenvalue weighted by Gasteiger charge is -2.20. The van der Waals surface area contributed by atoms with Gasteiger partial charge in [-0.05, 0) is 30.5 Å². The molecule has 0 aliphatic rings. The number of urea groups is 1. The van der Waals surface area contributed by atoms with E-state index in [1.807, 2.05) is 31.2 Å². The largest absolute Gasteiger partial charge is 0.480 e. The maximum absolute atomic E-state index is 11.8. The molecular weight excluding hydrogens is 324 g/mol. The van der Waals surface area contributed by atoms with Crippen molar-refractivity contribution in [2.45, 2.75) is 32.9 Å². The van der Waals surface area contributed by atoms with Crippen LogP contribution in [0.3, 0.4) is 0 Å². The van der Waals surface area contributed by atoms with Crippen molar-refractivity contribution in [3.8, 4) is 0 Å². The van der Waals surface area contributed by atoms with E-state index in [2.05, 4.69) is 26.6 Å². The average molecular weight is 343 g/mol. The maximum atomic E-state index is 11.8. The number of hydrogen-bond donors (Lipinski definition) is 3. The van der Waals surface area contributed by atoms with Gasteiger partial charge in [-0.25, -0.2) is 9.59 Å². The zero-order chi connectivity index (χ0) is 15.3. The summed E-state index contributed by atoms with van der Waals surface area (Å²) in [5.41, 5.74) is 0.936. The Morgan fingerprint density at radius 2 is 1.85 bits per heavy atom. The average Bonchev–Trinajstić information content (AvgIpc) is 2.35. The number of rotatable bonds is 5. The maximum Gasteiger partial charge on any atom is 0.326 e. The van der Waals surface area contributed by atoms with Crippen LogP contribution in [0.4, 0.5) is 4.79 Å². The molecule has 1 unspecified atom stereocenters. The fourth-order valence-corrected chi connectivity index (χ4v) is 2.17. The molecule has 0 heterocycles. The summed E-state index contributed by atoms with van der Waals surface area (Å²) in [6.45, 7) is 5.33. The third-order valence-corrected chi connectivity index (χ3v) is 3.41. The van der Waals surface area contributed by atoms with Crippen LogP contribution >= 0.6 is 15.9 Å². The highest BCUT2D eigenvalue weighted by atomic mass is 79.9. The van der Waals surface area contributed by atoms with Crippen LogP contribution in [0.25, 0.3) is 0 Å². The molecule has 0 saturated heterocycles. The third-order valence-electron chi connectivity index (χ3n) is 2.92. The van der Waals surface area contributed by atoms with E-state index in [1.165, 1.54) is 0 Å². The van der Waals surface area contributed by atoms with E-state index in [4.69, 9.17) is 5.11 Å². The molecule has 1 rings (SSSR count). The van der Waals surface area contributed by atoms with Gasteiger partial charge in [0.1, 0.15) is 6.04 Å². The van der Waals surface area contributed by atoms with Gasteiger partial charge in [0.05, 0.1) is 6.04 Å². The van der Waals surface area contributed by atoms with Crippen molar-refractivity contribution >= 4 is 27.9 Å². The summed E-state index contributed by atoms with van der Waals surface area (Å²) in [7, 11) is 0. The molecule has 2 atom stereocenters. The summed E-state index contributed by atoms with van der Waals surface area (Å²) in [5, 5.41) is 14.2. The lowest BCUT2D eigenvalue weighted by Crippen LogP contribution is -2.49. The van der Waals surface area contributed by atoms with Gasteiger partial charge in [0.25, 0.3) is 0 Å². The number of nitrogens with one attached hydrogen (secondary N) is 2. The first-order valence-corrected chi connectivity index (χ1v) is 7.16. The molecule has 110 valence electrons. The Labute approximate surface area is 126 Å². The summed E-state index contributed by atoms with van der Waals surface area (Å²) < 4.78 is 0.926. The Kier molecular flexibility index (Phi) is 6.01. The number of carbonyl (C=O) groups excluding carboxylic acids is 1. The van der Waals surface area contributed by atoms with Crippen molar-refractivity contribution < 1.29 is 14.7 Å². The molecule has 0 spiro atoms. The number of hydrogen-bond acceptors (Lipinski definition) is 2. The first-order valence-electron chi connectivity index (χ1n) is 6.36. The van der Waals surface area contributed by atoms with Crippen LogP contribution in [0.2, 0.25) is 0 Å². The second-order valence-corrected chi connectivity index (χ2v) is 5.87. The predicted molar refractivity (Wildman–Crippen MR) is 80.5 cm³/mol. The Hall–Kier alpha value is -1.56. The molecule has 1 aromatic carbocycles. The zero-order valence-electron chi connectivity index (χ0n) is 11.7. The second kappa shape index (κ2) is 7.28.